The van der Waals surface area contributed by atoms with E-state index in [1.165, 1.54) is 98.8 Å². The molecule has 136 heavy (non-hydrogen) atoms. The van der Waals surface area contributed by atoms with E-state index in [4.69, 9.17) is 112 Å². The van der Waals surface area contributed by atoms with Crippen LogP contribution in [0, 0.1) is 53.9 Å². The van der Waals surface area contributed by atoms with Crippen LogP contribution in [0.25, 0.3) is 78.2 Å². The van der Waals surface area contributed by atoms with Crippen LogP contribution in [0.1, 0.15) is 248 Å². The largest absolute Gasteiger partial charge is 1.00 e. The number of nitrogens with two attached hydrogens (primary N) is 2. The Morgan fingerprint density at radius 3 is 0.882 bits per heavy atom. The molecular formula is C99H120Cl3F7N11NaO15. The van der Waals surface area contributed by atoms with Gasteiger partial charge >= 0.3 is 29.6 Å². The van der Waals surface area contributed by atoms with Crippen molar-refractivity contribution in [3.63, 3.8) is 0 Å². The summed E-state index contributed by atoms with van der Waals surface area (Å²) in [5, 5.41) is 43.6. The maximum atomic E-state index is 15.1. The molecule has 26 nitrogen and oxygen atoms in total. The number of nitrogens with zero attached hydrogens (tertiary/aromatic N) is 9. The number of benzene rings is 8. The van der Waals surface area contributed by atoms with Gasteiger partial charge in [-0.2, -0.15) is 15.0 Å². The zero-order chi connectivity index (χ0) is 98.5. The first-order valence-electron chi connectivity index (χ1n) is 44.0. The average molecular weight is 1970 g/mol. The van der Waals surface area contributed by atoms with Crippen LogP contribution in [0.5, 0.6) is 28.7 Å². The molecule has 732 valence electrons. The SMILES string of the molecule is C.CCCCCCO.CCCCCCOc1ccc(-c2noc(-c3cc(-c4nc(-c5ccc(OCCCCCC)c(F)c5)no4)cc(-c4nc(-c5ccc(OCCCCCC)c(F)c5)no4)c3)n2)cc1F.CCCCCCOc1ccc(C(N)=NO)cc1F.CCO.NO.O=C(Cl)c1cc(C(=O)Cl)cc(C(=O)Cl)c1.[C-]#[N+]c1ccc(F)c(F)c1.[C-]#[N+]c1ccc(OCCCCCC)c(F)c1.[H-].[Na+]. The number of aromatic nitrogens is 6. The Bertz CT molecular complexity index is 5110. The Morgan fingerprint density at radius 2 is 0.632 bits per heavy atom. The summed E-state index contributed by atoms with van der Waals surface area (Å²) in [6, 6.07) is 33.6. The summed E-state index contributed by atoms with van der Waals surface area (Å²) in [6.45, 7) is 30.6. The molecule has 8 N–H and O–H groups in total. The molecule has 11 rings (SSSR count). The number of carbonyl (C=O) groups is 3. The third kappa shape index (κ3) is 44.2. The molecule has 0 atom stereocenters. The molecule has 0 unspecified atom stereocenters. The first-order chi connectivity index (χ1) is 64.8. The molecule has 3 heterocycles. The Labute approximate surface area is 828 Å². The number of ether oxygens (including phenoxy) is 5. The van der Waals surface area contributed by atoms with Gasteiger partial charge in [0.25, 0.3) is 33.4 Å². The van der Waals surface area contributed by atoms with Gasteiger partial charge in [0.2, 0.25) is 17.5 Å². The van der Waals surface area contributed by atoms with Crippen molar-refractivity contribution in [3.05, 3.63) is 231 Å². The van der Waals surface area contributed by atoms with Gasteiger partial charge in [-0.25, -0.2) is 46.3 Å². The van der Waals surface area contributed by atoms with Crippen LogP contribution in [0.15, 0.2) is 164 Å². The molecule has 0 saturated heterocycles. The second-order valence-electron chi connectivity index (χ2n) is 29.3. The van der Waals surface area contributed by atoms with E-state index in [-0.39, 0.29) is 137 Å². The van der Waals surface area contributed by atoms with E-state index >= 15 is 13.2 Å². The molecule has 0 aliphatic heterocycles. The summed E-state index contributed by atoms with van der Waals surface area (Å²) >= 11 is 15.6. The first-order valence-corrected chi connectivity index (χ1v) is 45.1. The molecule has 0 aliphatic rings. The second kappa shape index (κ2) is 70.3. The average Bonchev–Trinajstić information content (AvgIpc) is 0.875. The number of unbranched alkanes of at least 4 members (excludes halogenated alkanes) is 18. The zero-order valence-electron chi connectivity index (χ0n) is 78.0. The monoisotopic (exact) mass is 1960 g/mol. The van der Waals surface area contributed by atoms with Gasteiger partial charge in [0.1, 0.15) is 5.82 Å². The van der Waals surface area contributed by atoms with Gasteiger partial charge in [0.05, 0.1) is 46.2 Å². The van der Waals surface area contributed by atoms with E-state index in [0.717, 1.165) is 134 Å². The molecule has 0 amide bonds. The Morgan fingerprint density at radius 1 is 0.368 bits per heavy atom. The van der Waals surface area contributed by atoms with Gasteiger partial charge in [-0.1, -0.05) is 197 Å². The number of carbonyl (C=O) groups excluding carboxylic acids is 3. The summed E-state index contributed by atoms with van der Waals surface area (Å²) in [4.78, 5) is 52.3. The van der Waals surface area contributed by atoms with E-state index < -0.39 is 56.4 Å². The van der Waals surface area contributed by atoms with Crippen LogP contribution in [0.3, 0.4) is 0 Å². The first kappa shape index (κ1) is 121. The predicted molar refractivity (Wildman–Crippen MR) is 510 cm³/mol. The Kier molecular flexibility index (Phi) is 62.4. The molecule has 0 fully saturated rings. The van der Waals surface area contributed by atoms with Crippen molar-refractivity contribution in [2.45, 2.75) is 210 Å². The zero-order valence-corrected chi connectivity index (χ0v) is 81.3. The van der Waals surface area contributed by atoms with Gasteiger partial charge in [-0.3, -0.25) is 14.4 Å². The molecule has 8 aromatic carbocycles. The fraction of sp³-hybridized carbons (Fsp3) is 0.394. The van der Waals surface area contributed by atoms with Crippen LogP contribution in [-0.4, -0.2) is 119 Å². The third-order valence-corrected chi connectivity index (χ3v) is 19.5. The number of oxime groups is 1. The quantitative estimate of drug-likeness (QED) is 0.00238. The minimum atomic E-state index is -0.978. The van der Waals surface area contributed by atoms with Crippen LogP contribution in [0.4, 0.5) is 42.1 Å². The second-order valence-corrected chi connectivity index (χ2v) is 30.4. The molecule has 0 radical (unpaired) electrons. The van der Waals surface area contributed by atoms with Crippen molar-refractivity contribution in [1.82, 2.24) is 30.4 Å². The Hall–Kier alpha value is -11.3. The number of aliphatic hydroxyl groups is 2. The maximum Gasteiger partial charge on any atom is 1.00 e. The minimum absolute atomic E-state index is 0. The van der Waals surface area contributed by atoms with Crippen molar-refractivity contribution in [2.75, 3.05) is 46.2 Å². The van der Waals surface area contributed by atoms with E-state index in [0.29, 0.717) is 84.3 Å². The van der Waals surface area contributed by atoms with Crippen molar-refractivity contribution in [2.24, 2.45) is 16.8 Å². The van der Waals surface area contributed by atoms with Gasteiger partial charge in [-0.05, 0) is 214 Å². The molecule has 0 bridgehead atoms. The van der Waals surface area contributed by atoms with Crippen molar-refractivity contribution >= 4 is 67.7 Å². The molecule has 0 spiro atoms. The normalized spacial score (nSPS) is 10.3. The summed E-state index contributed by atoms with van der Waals surface area (Å²) in [7, 11) is 0. The van der Waals surface area contributed by atoms with Gasteiger partial charge in [0.15, 0.2) is 80.9 Å². The number of hydrogen-bond acceptors (Lipinski definition) is 23. The summed E-state index contributed by atoms with van der Waals surface area (Å²) in [5.41, 5.74) is 8.39. The molecule has 11 aromatic rings. The summed E-state index contributed by atoms with van der Waals surface area (Å²) in [6.07, 6.45) is 25.5. The van der Waals surface area contributed by atoms with Gasteiger partial charge in [-0.15, -0.1) is 0 Å². The van der Waals surface area contributed by atoms with E-state index in [1.54, 1.807) is 73.7 Å². The number of aliphatic hydroxyl groups excluding tert-OH is 2. The van der Waals surface area contributed by atoms with E-state index in [1.807, 2.05) is 0 Å². The van der Waals surface area contributed by atoms with Crippen molar-refractivity contribution < 1.29 is 134 Å². The van der Waals surface area contributed by atoms with Crippen LogP contribution < -0.4 is 64.9 Å². The van der Waals surface area contributed by atoms with Gasteiger partial charge < -0.3 is 65.0 Å². The summed E-state index contributed by atoms with van der Waals surface area (Å²) < 4.78 is 141. The molecule has 0 saturated carbocycles. The van der Waals surface area contributed by atoms with Crippen LogP contribution in [-0.2, 0) is 0 Å². The fourth-order valence-electron chi connectivity index (χ4n) is 11.8. The molecule has 3 aromatic heterocycles. The fourth-order valence-corrected chi connectivity index (χ4v) is 12.1. The topological polar surface area (TPSA) is 368 Å². The number of halogens is 10. The molecule has 37 heteroatoms. The molecule has 0 aliphatic carbocycles. The minimum Gasteiger partial charge on any atom is -1.00 e. The van der Waals surface area contributed by atoms with Crippen molar-refractivity contribution in [1.29, 1.82) is 0 Å². The van der Waals surface area contributed by atoms with Gasteiger partial charge in [0, 0.05) is 68.8 Å². The smallest absolute Gasteiger partial charge is 1.00 e. The predicted octanol–water partition coefficient (Wildman–Crippen LogP) is 24.3. The third-order valence-electron chi connectivity index (χ3n) is 18.8. The van der Waals surface area contributed by atoms with Crippen LogP contribution >= 0.6 is 34.8 Å². The molecular weight excluding hydrogens is 1850 g/mol. The Balaban J connectivity index is 0.00000102. The summed E-state index contributed by atoms with van der Waals surface area (Å²) in [5.74, 6) is 0.357. The maximum absolute atomic E-state index is 15.1. The van der Waals surface area contributed by atoms with Crippen molar-refractivity contribution in [3.8, 4) is 97.3 Å². The van der Waals surface area contributed by atoms with E-state index in [2.05, 4.69) is 92.7 Å². The number of hydrogen-bond donors (Lipinski definition) is 6. The number of amidine groups is 1. The number of rotatable bonds is 44. The standard InChI is InChI=1S/C48H51F3N6O6.C13H19FN2O2.C13H16FNO.C9H3Cl3O3.C7H3F2N.C6H14O.C2H6O.CH4.H3NO.Na.H/c1-4-7-10-13-22-58-40-19-16-31(28-37(40)49)43-52-46(61-55-43)34-25-35(47-53-44(56-62-47)32-17-20-41(38(50)29-32)59-23-14-11-8-5-2)27-36(26-34)48-54-45(57-63-48)33-18-21-42(39(51)30-33)60-24-15-12-9-6-3;1-2-3-4-5-8-18-12-7-6-10(9-11(12)14)13(15)16-17;1-3-4-5-6-9-16-13-8-7-11(15-2)10-12(13)14;10-7(13)4-1-5(8(11)14)3-6(2-4)9(12)15;1-10-5-2-3-6(8)7(9)4-5;1-2-3-4-5-6-7;1-2-3;;1-2;;/h16-21,25-30H,4-15,22-24H2,1-3H3;6-7,9,17H,2-5,8H2,1H3,(H2,15,16);7-8,10H,3-6,9H2,1H3;1-3H;2-4H;7H,2-6H2,1H3;3H,2H2,1H3;1H4;2H,1H2;;/q;;;;;;;;;+1;-1. The van der Waals surface area contributed by atoms with Crippen LogP contribution in [0.2, 0.25) is 0 Å². The van der Waals surface area contributed by atoms with E-state index in [9.17, 15) is 31.9 Å².